The summed E-state index contributed by atoms with van der Waals surface area (Å²) >= 11 is 1.82. The third-order valence-electron chi connectivity index (χ3n) is 11.6. The van der Waals surface area contributed by atoms with E-state index in [0.29, 0.717) is 0 Å². The number of nitrogens with one attached hydrogen (secondary N) is 1. The van der Waals surface area contributed by atoms with E-state index in [1.54, 1.807) is 0 Å². The van der Waals surface area contributed by atoms with E-state index in [1.165, 1.54) is 42.0 Å². The van der Waals surface area contributed by atoms with Crippen molar-refractivity contribution in [3.05, 3.63) is 187 Å². The Morgan fingerprint density at radius 3 is 2.12 bits per heavy atom. The van der Waals surface area contributed by atoms with Gasteiger partial charge in [0.1, 0.15) is 17.6 Å². The van der Waals surface area contributed by atoms with E-state index in [1.807, 2.05) is 17.4 Å². The smallest absolute Gasteiger partial charge is 0.159 e. The molecule has 0 fully saturated rings. The minimum absolute atomic E-state index is 0.106. The van der Waals surface area contributed by atoms with Gasteiger partial charge in [-0.1, -0.05) is 133 Å². The van der Waals surface area contributed by atoms with Gasteiger partial charge in [-0.05, 0) is 54.4 Å². The van der Waals surface area contributed by atoms with Crippen molar-refractivity contribution in [3.63, 3.8) is 0 Å². The zero-order valence-electron chi connectivity index (χ0n) is 30.8. The van der Waals surface area contributed by atoms with E-state index in [2.05, 4.69) is 180 Å². The molecule has 2 unspecified atom stereocenters. The zero-order chi connectivity index (χ0) is 37.5. The number of aliphatic imine (C=N–C) groups is 2. The number of aromatic nitrogens is 1. The van der Waals surface area contributed by atoms with Crippen molar-refractivity contribution >= 4 is 86.9 Å². The molecule has 270 valence electrons. The van der Waals surface area contributed by atoms with Gasteiger partial charge in [0, 0.05) is 64.3 Å². The molecular formula is C51H34N4OS. The number of hydrogen-bond donors (Lipinski definition) is 1. The Morgan fingerprint density at radius 2 is 1.32 bits per heavy atom. The lowest BCUT2D eigenvalue weighted by atomic mass is 9.96. The lowest BCUT2D eigenvalue weighted by molar-refractivity contribution is 0.475. The van der Waals surface area contributed by atoms with Crippen LogP contribution >= 0.6 is 11.3 Å². The van der Waals surface area contributed by atoms with Crippen molar-refractivity contribution in [1.82, 2.24) is 9.88 Å². The van der Waals surface area contributed by atoms with Gasteiger partial charge in [0.2, 0.25) is 0 Å². The molecule has 0 saturated heterocycles. The summed E-state index contributed by atoms with van der Waals surface area (Å²) in [6.45, 7) is 0. The predicted molar refractivity (Wildman–Crippen MR) is 239 cm³/mol. The highest BCUT2D eigenvalue weighted by Crippen LogP contribution is 2.43. The minimum atomic E-state index is -0.106. The first-order valence-corrected chi connectivity index (χ1v) is 20.3. The Bertz CT molecular complexity index is 3320. The van der Waals surface area contributed by atoms with Gasteiger partial charge in [0.05, 0.1) is 16.7 Å². The number of allylic oxidation sites excluding steroid dienone is 3. The van der Waals surface area contributed by atoms with Crippen molar-refractivity contribution in [2.24, 2.45) is 15.9 Å². The van der Waals surface area contributed by atoms with Crippen molar-refractivity contribution in [2.45, 2.75) is 12.6 Å². The predicted octanol–water partition coefficient (Wildman–Crippen LogP) is 13.0. The number of benzene rings is 7. The summed E-state index contributed by atoms with van der Waals surface area (Å²) in [6.07, 6.45) is 9.52. The molecule has 10 aromatic rings. The fraction of sp³-hybridized carbons (Fsp3) is 0.0588. The molecule has 4 heterocycles. The van der Waals surface area contributed by atoms with Gasteiger partial charge >= 0.3 is 0 Å². The molecule has 12 rings (SSSR count). The van der Waals surface area contributed by atoms with Crippen LogP contribution < -0.4 is 5.32 Å². The van der Waals surface area contributed by atoms with Crippen LogP contribution in [0.2, 0.25) is 0 Å². The number of fused-ring (bicyclic) bond motifs is 9. The van der Waals surface area contributed by atoms with Crippen molar-refractivity contribution in [3.8, 4) is 16.8 Å². The number of furan rings is 1. The van der Waals surface area contributed by atoms with Crippen LogP contribution in [0.1, 0.15) is 17.5 Å². The van der Waals surface area contributed by atoms with Crippen molar-refractivity contribution in [1.29, 1.82) is 0 Å². The second-order valence-corrected chi connectivity index (χ2v) is 16.0. The number of hydrogen-bond acceptors (Lipinski definition) is 5. The topological polar surface area (TPSA) is 54.8 Å². The highest BCUT2D eigenvalue weighted by molar-refractivity contribution is 7.25. The van der Waals surface area contributed by atoms with Gasteiger partial charge in [-0.3, -0.25) is 0 Å². The first kappa shape index (κ1) is 32.2. The number of amidine groups is 2. The van der Waals surface area contributed by atoms with E-state index in [-0.39, 0.29) is 12.1 Å². The van der Waals surface area contributed by atoms with Crippen LogP contribution in [0.25, 0.3) is 80.7 Å². The molecule has 0 radical (unpaired) electrons. The summed E-state index contributed by atoms with van der Waals surface area (Å²) in [5, 5.41) is 10.8. The molecule has 0 amide bonds. The summed E-state index contributed by atoms with van der Waals surface area (Å²) in [5.74, 6) is 1.87. The quantitative estimate of drug-likeness (QED) is 0.190. The third-order valence-corrected chi connectivity index (χ3v) is 12.7. The molecule has 1 aliphatic carbocycles. The van der Waals surface area contributed by atoms with Crippen molar-refractivity contribution in [2.75, 3.05) is 0 Å². The van der Waals surface area contributed by atoms with Gasteiger partial charge < -0.3 is 14.3 Å². The van der Waals surface area contributed by atoms with Gasteiger partial charge in [0.25, 0.3) is 0 Å². The molecule has 2 atom stereocenters. The van der Waals surface area contributed by atoms with E-state index >= 15 is 0 Å². The maximum Gasteiger partial charge on any atom is 0.159 e. The molecular weight excluding hydrogens is 717 g/mol. The molecule has 1 N–H and O–H groups in total. The normalized spacial score (nSPS) is 16.9. The summed E-state index contributed by atoms with van der Waals surface area (Å²) in [6, 6.07) is 54.1. The van der Waals surface area contributed by atoms with Crippen LogP contribution in [0, 0.1) is 5.92 Å². The van der Waals surface area contributed by atoms with E-state index < -0.39 is 0 Å². The monoisotopic (exact) mass is 750 g/mol. The highest BCUT2D eigenvalue weighted by atomic mass is 32.1. The fourth-order valence-corrected chi connectivity index (χ4v) is 9.99. The van der Waals surface area contributed by atoms with Gasteiger partial charge in [0.15, 0.2) is 11.4 Å². The summed E-state index contributed by atoms with van der Waals surface area (Å²) in [5.41, 5.74) is 9.46. The molecule has 0 spiro atoms. The van der Waals surface area contributed by atoms with E-state index in [9.17, 15) is 0 Å². The molecule has 7 aromatic carbocycles. The van der Waals surface area contributed by atoms with E-state index in [0.717, 1.165) is 68.0 Å². The van der Waals surface area contributed by atoms with Crippen LogP contribution in [0.5, 0.6) is 0 Å². The summed E-state index contributed by atoms with van der Waals surface area (Å²) in [7, 11) is 0. The van der Waals surface area contributed by atoms with Gasteiger partial charge in [-0.2, -0.15) is 0 Å². The minimum Gasteiger partial charge on any atom is -0.453 e. The van der Waals surface area contributed by atoms with E-state index in [4.69, 9.17) is 14.4 Å². The Morgan fingerprint density at radius 1 is 0.579 bits per heavy atom. The van der Waals surface area contributed by atoms with Crippen LogP contribution in [-0.2, 0) is 0 Å². The third kappa shape index (κ3) is 5.14. The maximum absolute atomic E-state index is 6.98. The number of rotatable bonds is 5. The average molecular weight is 751 g/mol. The number of para-hydroxylation sites is 4. The Labute approximate surface area is 332 Å². The summed E-state index contributed by atoms with van der Waals surface area (Å²) in [4.78, 5) is 10.3. The SMILES string of the molecule is C1=CCC(C2N=C(c3ccc4sc5cc(-c6cccc7c6oc6c(-n8c9ccccc9c9ccccc98)cccc67)ccc5c4c3)N=C(c3ccccc3)N2)C=C1. The molecule has 0 bridgehead atoms. The summed E-state index contributed by atoms with van der Waals surface area (Å²) < 4.78 is 11.8. The van der Waals surface area contributed by atoms with Crippen LogP contribution in [0.4, 0.5) is 0 Å². The molecule has 1 aliphatic heterocycles. The fourth-order valence-electron chi connectivity index (χ4n) is 8.87. The molecule has 0 saturated carbocycles. The first-order valence-electron chi connectivity index (χ1n) is 19.5. The zero-order valence-corrected chi connectivity index (χ0v) is 31.6. The van der Waals surface area contributed by atoms with Crippen LogP contribution in [0.15, 0.2) is 190 Å². The van der Waals surface area contributed by atoms with Gasteiger partial charge in [-0.15, -0.1) is 11.3 Å². The Hall–Kier alpha value is -7.02. The number of thiophene rings is 1. The molecule has 5 nitrogen and oxygen atoms in total. The van der Waals surface area contributed by atoms with Crippen LogP contribution in [0.3, 0.4) is 0 Å². The van der Waals surface area contributed by atoms with Crippen molar-refractivity contribution < 1.29 is 4.42 Å². The maximum atomic E-state index is 6.98. The largest absolute Gasteiger partial charge is 0.453 e. The molecule has 57 heavy (non-hydrogen) atoms. The molecule has 2 aliphatic rings. The Kier molecular flexibility index (Phi) is 7.22. The number of nitrogens with zero attached hydrogens (tertiary/aromatic N) is 3. The van der Waals surface area contributed by atoms with Crippen LogP contribution in [-0.4, -0.2) is 22.4 Å². The average Bonchev–Trinajstić information content (AvgIpc) is 3.96. The standard InChI is InChI=1S/C51H34N4OS/c1-3-13-31(14-4-1)49-52-50(32-15-5-2-6-16-32)54-51(53-49)34-26-28-45-41(29-34)38-27-25-33(30-46(38)57-45)35-19-11-20-39-40-21-12-24-44(48(40)56-47(35)39)55-42-22-9-7-17-36(42)37-18-8-10-23-43(37)55/h1-15,17-30,32,50H,16H2,(H,52,53,54). The lowest BCUT2D eigenvalue weighted by Gasteiger charge is -2.28. The second-order valence-electron chi connectivity index (χ2n) is 14.9. The Balaban J connectivity index is 0.964. The highest BCUT2D eigenvalue weighted by Gasteiger charge is 2.26. The second kappa shape index (κ2) is 12.8. The molecule has 6 heteroatoms. The molecule has 3 aromatic heterocycles. The van der Waals surface area contributed by atoms with Gasteiger partial charge in [-0.25, -0.2) is 9.98 Å². The lowest BCUT2D eigenvalue weighted by Crippen LogP contribution is -2.43. The first-order chi connectivity index (χ1) is 28.2.